The number of anilines is 1. The largest absolute Gasteiger partial charge is 0.325 e. The number of rotatable bonds is 0. The molecule has 0 radical (unpaired) electrons. The highest BCUT2D eigenvalue weighted by molar-refractivity contribution is 7.73. The third kappa shape index (κ3) is 3.38. The Bertz CT molecular complexity index is 911. The maximum Gasteiger partial charge on any atom is 0.232 e. The second kappa shape index (κ2) is 6.97. The first-order chi connectivity index (χ1) is 11.6. The Kier molecular flexibility index (Phi) is 4.76. The molecule has 2 bridgehead atoms. The summed E-state index contributed by atoms with van der Waals surface area (Å²) in [5.41, 5.74) is 3.47. The van der Waals surface area contributed by atoms with E-state index < -0.39 is 16.2 Å². The Hall–Kier alpha value is -2.47. The van der Waals surface area contributed by atoms with Crippen LogP contribution in [0.25, 0.3) is 11.1 Å². The van der Waals surface area contributed by atoms with Gasteiger partial charge in [0, 0.05) is 23.1 Å². The summed E-state index contributed by atoms with van der Waals surface area (Å²) in [6.45, 7) is 1.63. The standard InChI is InChI=1S/C18H18N2O3S/c1-12-17(24(22)23)8-4-5-14-11-13(9-10-19-14)15-6-2-3-7-16(15)20-18(12)21/h2-3,6-7,9-12H,4-5,8H2,1H3,(H,20,21). The topological polar surface area (TPSA) is 76.1 Å². The van der Waals surface area contributed by atoms with Crippen molar-refractivity contribution < 1.29 is 13.2 Å². The van der Waals surface area contributed by atoms with Crippen LogP contribution < -0.4 is 5.32 Å². The van der Waals surface area contributed by atoms with Gasteiger partial charge >= 0.3 is 0 Å². The Morgan fingerprint density at radius 3 is 2.75 bits per heavy atom. The number of carbonyl (C=O) groups excluding carboxylic acids is 1. The molecule has 1 N–H and O–H groups in total. The zero-order valence-electron chi connectivity index (χ0n) is 13.3. The number of amides is 1. The number of aryl methyl sites for hydroxylation is 1. The number of hydrogen-bond donors (Lipinski definition) is 1. The van der Waals surface area contributed by atoms with Crippen LogP contribution in [0, 0.1) is 5.92 Å². The number of nitrogens with zero attached hydrogens (tertiary/aromatic N) is 1. The Balaban J connectivity index is 2.13. The molecule has 1 atom stereocenters. The van der Waals surface area contributed by atoms with Crippen molar-refractivity contribution in [3.05, 3.63) is 48.3 Å². The Morgan fingerprint density at radius 2 is 1.96 bits per heavy atom. The van der Waals surface area contributed by atoms with Gasteiger partial charge in [0.1, 0.15) is 0 Å². The predicted molar refractivity (Wildman–Crippen MR) is 94.3 cm³/mol. The Labute approximate surface area is 142 Å². The van der Waals surface area contributed by atoms with E-state index in [1.54, 1.807) is 13.1 Å². The summed E-state index contributed by atoms with van der Waals surface area (Å²) >= 11 is 0. The summed E-state index contributed by atoms with van der Waals surface area (Å²) in [7, 11) is -2.37. The fraction of sp³-hybridized carbons (Fsp3) is 0.278. The van der Waals surface area contributed by atoms with E-state index in [1.165, 1.54) is 0 Å². The highest BCUT2D eigenvalue weighted by Crippen LogP contribution is 2.29. The SMILES string of the molecule is CC1C(=O)Nc2ccccc2-c2ccnc(c2)CCCC1=S(=O)=O. The molecule has 2 heterocycles. The first kappa shape index (κ1) is 16.4. The van der Waals surface area contributed by atoms with Gasteiger partial charge < -0.3 is 5.32 Å². The second-order valence-corrected chi connectivity index (χ2v) is 6.84. The average Bonchev–Trinajstić information content (AvgIpc) is 2.58. The van der Waals surface area contributed by atoms with Crippen molar-refractivity contribution in [3.63, 3.8) is 0 Å². The van der Waals surface area contributed by atoms with Crippen molar-refractivity contribution >= 4 is 26.8 Å². The van der Waals surface area contributed by atoms with Gasteiger partial charge in [-0.15, -0.1) is 0 Å². The lowest BCUT2D eigenvalue weighted by atomic mass is 9.97. The first-order valence-corrected chi connectivity index (χ1v) is 8.94. The van der Waals surface area contributed by atoms with Crippen molar-refractivity contribution in [2.45, 2.75) is 26.2 Å². The quantitative estimate of drug-likeness (QED) is 0.747. The van der Waals surface area contributed by atoms with Crippen molar-refractivity contribution in [2.75, 3.05) is 5.32 Å². The number of para-hydroxylation sites is 1. The summed E-state index contributed by atoms with van der Waals surface area (Å²) in [5.74, 6) is -1.00. The molecule has 6 heteroatoms. The molecule has 3 rings (SSSR count). The van der Waals surface area contributed by atoms with Crippen LogP contribution in [-0.2, 0) is 21.5 Å². The van der Waals surface area contributed by atoms with E-state index in [-0.39, 0.29) is 10.8 Å². The van der Waals surface area contributed by atoms with Gasteiger partial charge in [0.25, 0.3) is 0 Å². The van der Waals surface area contributed by atoms with Gasteiger partial charge in [-0.05, 0) is 49.9 Å². The lowest BCUT2D eigenvalue weighted by Crippen LogP contribution is -2.28. The molecule has 1 aromatic carbocycles. The summed E-state index contributed by atoms with van der Waals surface area (Å²) in [4.78, 5) is 17.1. The van der Waals surface area contributed by atoms with E-state index in [0.29, 0.717) is 24.9 Å². The molecule has 1 aromatic heterocycles. The van der Waals surface area contributed by atoms with Crippen molar-refractivity contribution in [3.8, 4) is 11.1 Å². The number of hydrogen-bond acceptors (Lipinski definition) is 4. The summed E-state index contributed by atoms with van der Waals surface area (Å²) in [6, 6.07) is 11.4. The van der Waals surface area contributed by atoms with Crippen molar-refractivity contribution in [1.82, 2.24) is 4.98 Å². The number of nitrogens with one attached hydrogen (secondary N) is 1. The van der Waals surface area contributed by atoms with Crippen molar-refractivity contribution in [2.24, 2.45) is 5.92 Å². The van der Waals surface area contributed by atoms with Gasteiger partial charge in [-0.25, -0.2) is 0 Å². The molecule has 0 spiro atoms. The first-order valence-electron chi connectivity index (χ1n) is 7.86. The van der Waals surface area contributed by atoms with E-state index in [2.05, 4.69) is 10.3 Å². The molecule has 0 saturated heterocycles. The van der Waals surface area contributed by atoms with Crippen molar-refractivity contribution in [1.29, 1.82) is 0 Å². The molecule has 0 fully saturated rings. The molecule has 0 aliphatic carbocycles. The van der Waals surface area contributed by atoms with Crippen LogP contribution in [-0.4, -0.2) is 24.2 Å². The molecule has 1 aliphatic heterocycles. The van der Waals surface area contributed by atoms with Gasteiger partial charge in [0.2, 0.25) is 16.2 Å². The molecule has 5 nitrogen and oxygen atoms in total. The number of fused-ring (bicyclic) bond motifs is 4. The van der Waals surface area contributed by atoms with Crippen LogP contribution in [0.1, 0.15) is 25.5 Å². The molecular formula is C18H18N2O3S. The molecule has 0 saturated carbocycles. The molecule has 1 aliphatic rings. The van der Waals surface area contributed by atoms with Crippen LogP contribution in [0.15, 0.2) is 42.6 Å². The lowest BCUT2D eigenvalue weighted by molar-refractivity contribution is -0.117. The minimum absolute atomic E-state index is 0.238. The number of pyridine rings is 1. The van der Waals surface area contributed by atoms with E-state index in [9.17, 15) is 13.2 Å². The number of benzene rings is 1. The summed E-state index contributed by atoms with van der Waals surface area (Å²) in [5, 5.41) is 2.87. The van der Waals surface area contributed by atoms with Gasteiger partial charge in [0.15, 0.2) is 0 Å². The van der Waals surface area contributed by atoms with E-state index >= 15 is 0 Å². The van der Waals surface area contributed by atoms with Crippen LogP contribution in [0.4, 0.5) is 5.69 Å². The maximum absolute atomic E-state index is 12.5. The molecule has 1 amide bonds. The normalized spacial score (nSPS) is 18.0. The molecular weight excluding hydrogens is 324 g/mol. The highest BCUT2D eigenvalue weighted by Gasteiger charge is 2.22. The van der Waals surface area contributed by atoms with E-state index in [4.69, 9.17) is 0 Å². The van der Waals surface area contributed by atoms with E-state index in [0.717, 1.165) is 16.8 Å². The monoisotopic (exact) mass is 342 g/mol. The minimum Gasteiger partial charge on any atom is -0.325 e. The summed E-state index contributed by atoms with van der Waals surface area (Å²) < 4.78 is 23.0. The van der Waals surface area contributed by atoms with Gasteiger partial charge in [-0.3, -0.25) is 9.78 Å². The zero-order chi connectivity index (χ0) is 17.1. The number of aromatic nitrogens is 1. The fourth-order valence-corrected chi connectivity index (χ4v) is 3.61. The van der Waals surface area contributed by atoms with Gasteiger partial charge in [-0.2, -0.15) is 8.42 Å². The number of carbonyl (C=O) groups is 1. The van der Waals surface area contributed by atoms with E-state index in [1.807, 2.05) is 36.4 Å². The fourth-order valence-electron chi connectivity index (χ4n) is 2.90. The molecule has 1 unspecified atom stereocenters. The average molecular weight is 342 g/mol. The molecule has 124 valence electrons. The zero-order valence-corrected chi connectivity index (χ0v) is 14.1. The third-order valence-electron chi connectivity index (χ3n) is 4.26. The summed E-state index contributed by atoms with van der Waals surface area (Å²) in [6.07, 6.45) is 3.41. The Morgan fingerprint density at radius 1 is 1.17 bits per heavy atom. The second-order valence-electron chi connectivity index (χ2n) is 5.85. The minimum atomic E-state index is -2.37. The lowest BCUT2D eigenvalue weighted by Gasteiger charge is -2.17. The van der Waals surface area contributed by atoms with Crippen LogP contribution in [0.2, 0.25) is 0 Å². The molecule has 2 aromatic rings. The van der Waals surface area contributed by atoms with Crippen LogP contribution in [0.3, 0.4) is 0 Å². The molecule has 24 heavy (non-hydrogen) atoms. The maximum atomic E-state index is 12.5. The van der Waals surface area contributed by atoms with Gasteiger partial charge in [0.05, 0.1) is 10.8 Å². The predicted octanol–water partition coefficient (Wildman–Crippen LogP) is 2.71. The van der Waals surface area contributed by atoms with Gasteiger partial charge in [-0.1, -0.05) is 18.2 Å². The third-order valence-corrected chi connectivity index (χ3v) is 5.24. The highest BCUT2D eigenvalue weighted by atomic mass is 32.2. The van der Waals surface area contributed by atoms with Crippen LogP contribution in [0.5, 0.6) is 0 Å². The van der Waals surface area contributed by atoms with Crippen LogP contribution >= 0.6 is 0 Å². The smallest absolute Gasteiger partial charge is 0.232 e.